The maximum Gasteiger partial charge on any atom is 0.205 e. The zero-order valence-electron chi connectivity index (χ0n) is 9.17. The van der Waals surface area contributed by atoms with E-state index < -0.39 is 16.8 Å². The van der Waals surface area contributed by atoms with E-state index in [0.29, 0.717) is 19.8 Å². The molecule has 0 aromatic rings. The molecule has 0 amide bonds. The summed E-state index contributed by atoms with van der Waals surface area (Å²) in [7, 11) is 0. The quantitative estimate of drug-likeness (QED) is 0.598. The molecular weight excluding hydrogens is 196 g/mol. The van der Waals surface area contributed by atoms with Crippen molar-refractivity contribution in [2.24, 2.45) is 5.41 Å². The average Bonchev–Trinajstić information content (AvgIpc) is 2.96. The maximum atomic E-state index is 12.2. The van der Waals surface area contributed by atoms with Gasteiger partial charge in [-0.2, -0.15) is 0 Å². The highest BCUT2D eigenvalue weighted by molar-refractivity contribution is 5.97. The van der Waals surface area contributed by atoms with Crippen LogP contribution in [0.5, 0.6) is 0 Å². The van der Waals surface area contributed by atoms with Gasteiger partial charge in [-0.25, -0.2) is 0 Å². The van der Waals surface area contributed by atoms with Crippen molar-refractivity contribution in [3.63, 3.8) is 0 Å². The van der Waals surface area contributed by atoms with Gasteiger partial charge < -0.3 is 14.2 Å². The van der Waals surface area contributed by atoms with Crippen LogP contribution in [0.1, 0.15) is 26.7 Å². The molecule has 1 aliphatic carbocycles. The first-order valence-electron chi connectivity index (χ1n) is 5.49. The average molecular weight is 212 g/mol. The second kappa shape index (κ2) is 2.62. The molecule has 3 aliphatic rings. The molecule has 0 N–H and O–H groups in total. The summed E-state index contributed by atoms with van der Waals surface area (Å²) in [6.45, 7) is 5.26. The highest BCUT2D eigenvalue weighted by atomic mass is 16.8. The highest BCUT2D eigenvalue weighted by Gasteiger charge is 2.72. The molecule has 15 heavy (non-hydrogen) atoms. The van der Waals surface area contributed by atoms with Crippen molar-refractivity contribution >= 4 is 5.78 Å². The molecule has 4 heteroatoms. The molecule has 0 radical (unpaired) electrons. The minimum atomic E-state index is -0.834. The van der Waals surface area contributed by atoms with Gasteiger partial charge in [0.15, 0.2) is 5.78 Å². The Hall–Kier alpha value is -0.450. The van der Waals surface area contributed by atoms with Crippen LogP contribution >= 0.6 is 0 Å². The lowest BCUT2D eigenvalue weighted by Gasteiger charge is -2.40. The molecule has 2 heterocycles. The van der Waals surface area contributed by atoms with Crippen LogP contribution in [0.2, 0.25) is 0 Å². The molecule has 4 nitrogen and oxygen atoms in total. The largest absolute Gasteiger partial charge is 0.373 e. The van der Waals surface area contributed by atoms with Gasteiger partial charge in [0.2, 0.25) is 5.79 Å². The number of rotatable bonds is 0. The number of hydrogen-bond acceptors (Lipinski definition) is 4. The monoisotopic (exact) mass is 212 g/mol. The minimum absolute atomic E-state index is 0.181. The number of carbonyl (C=O) groups excluding carboxylic acids is 1. The van der Waals surface area contributed by atoms with E-state index in [0.717, 1.165) is 12.8 Å². The standard InChI is InChI=1S/C11H16O4/c1-9(2)8(12)10(3-4-10)15-11(9)7-13-5-6-14-11/h3-7H2,1-2H3. The zero-order chi connectivity index (χ0) is 10.7. The van der Waals surface area contributed by atoms with E-state index in [4.69, 9.17) is 14.2 Å². The summed E-state index contributed by atoms with van der Waals surface area (Å²) in [5.74, 6) is -0.653. The topological polar surface area (TPSA) is 44.8 Å². The lowest BCUT2D eigenvalue weighted by molar-refractivity contribution is -0.317. The van der Waals surface area contributed by atoms with E-state index in [1.165, 1.54) is 0 Å². The summed E-state index contributed by atoms with van der Waals surface area (Å²) < 4.78 is 17.0. The molecule has 1 saturated carbocycles. The fraction of sp³-hybridized carbons (Fsp3) is 0.909. The molecule has 0 aromatic carbocycles. The van der Waals surface area contributed by atoms with E-state index in [1.54, 1.807) is 0 Å². The summed E-state index contributed by atoms with van der Waals surface area (Å²) >= 11 is 0. The van der Waals surface area contributed by atoms with Crippen LogP contribution in [-0.4, -0.2) is 37.0 Å². The van der Waals surface area contributed by atoms with E-state index in [2.05, 4.69) is 0 Å². The van der Waals surface area contributed by atoms with Gasteiger partial charge in [-0.3, -0.25) is 4.79 Å². The van der Waals surface area contributed by atoms with Crippen LogP contribution in [0, 0.1) is 5.41 Å². The second-order valence-corrected chi connectivity index (χ2v) is 5.20. The smallest absolute Gasteiger partial charge is 0.205 e. The minimum Gasteiger partial charge on any atom is -0.373 e. The van der Waals surface area contributed by atoms with Crippen molar-refractivity contribution in [3.8, 4) is 0 Å². The Morgan fingerprint density at radius 3 is 2.40 bits per heavy atom. The van der Waals surface area contributed by atoms with Crippen LogP contribution in [0.15, 0.2) is 0 Å². The summed E-state index contributed by atoms with van der Waals surface area (Å²) in [6, 6.07) is 0. The third-order valence-electron chi connectivity index (χ3n) is 3.85. The third-order valence-corrected chi connectivity index (χ3v) is 3.85. The molecule has 2 spiro atoms. The summed E-state index contributed by atoms with van der Waals surface area (Å²) in [6.07, 6.45) is 1.67. The maximum absolute atomic E-state index is 12.2. The fourth-order valence-corrected chi connectivity index (χ4v) is 2.61. The van der Waals surface area contributed by atoms with Crippen LogP contribution < -0.4 is 0 Å². The molecule has 3 rings (SSSR count). The fourth-order valence-electron chi connectivity index (χ4n) is 2.61. The van der Waals surface area contributed by atoms with Gasteiger partial charge in [0.1, 0.15) is 12.2 Å². The predicted octanol–water partition coefficient (Wildman–Crippen LogP) is 0.888. The van der Waals surface area contributed by atoms with Crippen molar-refractivity contribution in [2.75, 3.05) is 19.8 Å². The number of ether oxygens (including phenoxy) is 3. The Balaban J connectivity index is 1.99. The molecule has 1 unspecified atom stereocenters. The Morgan fingerprint density at radius 2 is 1.93 bits per heavy atom. The Kier molecular flexibility index (Phi) is 1.70. The summed E-state index contributed by atoms with van der Waals surface area (Å²) in [5, 5.41) is 0. The van der Waals surface area contributed by atoms with Gasteiger partial charge in [0.05, 0.1) is 18.6 Å². The van der Waals surface area contributed by atoms with Gasteiger partial charge in [0.25, 0.3) is 0 Å². The number of carbonyl (C=O) groups is 1. The van der Waals surface area contributed by atoms with Gasteiger partial charge in [-0.1, -0.05) is 0 Å². The lowest BCUT2D eigenvalue weighted by Crippen LogP contribution is -2.53. The van der Waals surface area contributed by atoms with Crippen LogP contribution in [0.25, 0.3) is 0 Å². The van der Waals surface area contributed by atoms with Crippen molar-refractivity contribution in [2.45, 2.75) is 38.1 Å². The second-order valence-electron chi connectivity index (χ2n) is 5.20. The number of ketones is 1. The van der Waals surface area contributed by atoms with Crippen molar-refractivity contribution in [3.05, 3.63) is 0 Å². The molecule has 2 aliphatic heterocycles. The lowest BCUT2D eigenvalue weighted by atomic mass is 9.79. The molecule has 84 valence electrons. The van der Waals surface area contributed by atoms with Gasteiger partial charge >= 0.3 is 0 Å². The van der Waals surface area contributed by atoms with Crippen molar-refractivity contribution in [1.29, 1.82) is 0 Å². The summed E-state index contributed by atoms with van der Waals surface area (Å²) in [4.78, 5) is 12.2. The van der Waals surface area contributed by atoms with Crippen LogP contribution in [-0.2, 0) is 19.0 Å². The summed E-state index contributed by atoms with van der Waals surface area (Å²) in [5.41, 5.74) is -1.13. The Morgan fingerprint density at radius 1 is 1.20 bits per heavy atom. The van der Waals surface area contributed by atoms with Crippen LogP contribution in [0.3, 0.4) is 0 Å². The SMILES string of the molecule is CC1(C)C(=O)C2(CC2)OC12COCCO2. The zero-order valence-corrected chi connectivity index (χ0v) is 9.17. The van der Waals surface area contributed by atoms with Gasteiger partial charge in [-0.05, 0) is 26.7 Å². The van der Waals surface area contributed by atoms with Gasteiger partial charge in [-0.15, -0.1) is 0 Å². The number of hydrogen-bond donors (Lipinski definition) is 0. The molecule has 1 atom stereocenters. The first-order valence-corrected chi connectivity index (χ1v) is 5.49. The highest BCUT2D eigenvalue weighted by Crippen LogP contribution is 2.59. The Bertz CT molecular complexity index is 311. The molecule has 0 bridgehead atoms. The first-order chi connectivity index (χ1) is 7.03. The van der Waals surface area contributed by atoms with E-state index >= 15 is 0 Å². The molecule has 3 fully saturated rings. The van der Waals surface area contributed by atoms with E-state index in [1.807, 2.05) is 13.8 Å². The number of Topliss-reactive ketones (excluding diaryl/α,β-unsaturated/α-hetero) is 1. The van der Waals surface area contributed by atoms with Crippen molar-refractivity contribution in [1.82, 2.24) is 0 Å². The van der Waals surface area contributed by atoms with Crippen LogP contribution in [0.4, 0.5) is 0 Å². The normalized spacial score (nSPS) is 41.3. The van der Waals surface area contributed by atoms with Gasteiger partial charge in [0, 0.05) is 0 Å². The van der Waals surface area contributed by atoms with Crippen molar-refractivity contribution < 1.29 is 19.0 Å². The van der Waals surface area contributed by atoms with E-state index in [9.17, 15) is 4.79 Å². The Labute approximate surface area is 88.9 Å². The van der Waals surface area contributed by atoms with E-state index in [-0.39, 0.29) is 5.78 Å². The third kappa shape index (κ3) is 1.05. The molecular formula is C11H16O4. The molecule has 0 aromatic heterocycles. The first kappa shape index (κ1) is 9.75. The predicted molar refractivity (Wildman–Crippen MR) is 51.3 cm³/mol. The molecule has 2 saturated heterocycles.